The Morgan fingerprint density at radius 2 is 1.29 bits per heavy atom. The van der Waals surface area contributed by atoms with Crippen molar-refractivity contribution in [3.05, 3.63) is 0 Å². The van der Waals surface area contributed by atoms with E-state index in [2.05, 4.69) is 41.2 Å². The van der Waals surface area contributed by atoms with Gasteiger partial charge in [0, 0.05) is 17.9 Å². The predicted molar refractivity (Wildman–Crippen MR) is 80.4 cm³/mol. The maximum absolute atomic E-state index is 12.0. The number of rotatable bonds is 5. The van der Waals surface area contributed by atoms with Crippen molar-refractivity contribution in [3.8, 4) is 0 Å². The van der Waals surface area contributed by atoms with Gasteiger partial charge in [-0.05, 0) is 6.42 Å². The van der Waals surface area contributed by atoms with Gasteiger partial charge in [-0.2, -0.15) is 25.3 Å². The maximum Gasteiger partial charge on any atom is 0.303 e. The second-order valence-corrected chi connectivity index (χ2v) is 5.21. The standard InChI is InChI=1S/C11H17N3O5S2/c15-8(16)2-1-5-9(17)13-7(4-21)11(19)14-6(3-20)10(18)12-5/h5-7,20-21H,1-4H2,(H,12,18)(H,13,17)(H,14,19)(H,15,16)/t5-,6+,7+/m0/s1. The van der Waals surface area contributed by atoms with Crippen molar-refractivity contribution in [3.63, 3.8) is 0 Å². The number of carboxylic acids is 1. The van der Waals surface area contributed by atoms with Crippen LogP contribution in [0, 0.1) is 0 Å². The van der Waals surface area contributed by atoms with Crippen molar-refractivity contribution < 1.29 is 24.3 Å². The topological polar surface area (TPSA) is 125 Å². The fourth-order valence-corrected chi connectivity index (χ4v) is 2.26. The van der Waals surface area contributed by atoms with Crippen LogP contribution in [0.3, 0.4) is 0 Å². The van der Waals surface area contributed by atoms with E-state index in [-0.39, 0.29) is 24.3 Å². The summed E-state index contributed by atoms with van der Waals surface area (Å²) in [5, 5.41) is 16.0. The van der Waals surface area contributed by atoms with Crippen LogP contribution in [0.25, 0.3) is 0 Å². The third-order valence-corrected chi connectivity index (χ3v) is 3.64. The maximum atomic E-state index is 12.0. The Balaban J connectivity index is 2.94. The van der Waals surface area contributed by atoms with Crippen molar-refractivity contribution in [1.82, 2.24) is 16.0 Å². The Bertz CT molecular complexity index is 444. The average Bonchev–Trinajstić information content (AvgIpc) is 2.48. The largest absolute Gasteiger partial charge is 0.481 e. The molecule has 0 aromatic carbocycles. The molecule has 0 aliphatic carbocycles. The van der Waals surface area contributed by atoms with E-state index < -0.39 is 41.8 Å². The van der Waals surface area contributed by atoms with E-state index in [4.69, 9.17) is 5.11 Å². The van der Waals surface area contributed by atoms with Gasteiger partial charge in [-0.3, -0.25) is 19.2 Å². The number of thiol groups is 2. The van der Waals surface area contributed by atoms with Crippen molar-refractivity contribution in [1.29, 1.82) is 0 Å². The molecule has 1 saturated heterocycles. The molecule has 118 valence electrons. The van der Waals surface area contributed by atoms with Crippen molar-refractivity contribution in [2.24, 2.45) is 0 Å². The van der Waals surface area contributed by atoms with Gasteiger partial charge in [-0.15, -0.1) is 0 Å². The smallest absolute Gasteiger partial charge is 0.303 e. The first-order valence-electron chi connectivity index (χ1n) is 6.23. The molecular formula is C11H17N3O5S2. The van der Waals surface area contributed by atoms with E-state index in [0.29, 0.717) is 0 Å². The van der Waals surface area contributed by atoms with Crippen LogP contribution in [0.2, 0.25) is 0 Å². The van der Waals surface area contributed by atoms with Gasteiger partial charge in [0.1, 0.15) is 18.1 Å². The van der Waals surface area contributed by atoms with Crippen molar-refractivity contribution in [2.45, 2.75) is 31.0 Å². The molecule has 1 aliphatic heterocycles. The minimum absolute atomic E-state index is 0.0523. The fraction of sp³-hybridized carbons (Fsp3) is 0.636. The van der Waals surface area contributed by atoms with Crippen molar-refractivity contribution >= 4 is 48.9 Å². The molecule has 1 aliphatic rings. The highest BCUT2D eigenvalue weighted by Crippen LogP contribution is 2.04. The van der Waals surface area contributed by atoms with Gasteiger partial charge in [-0.1, -0.05) is 0 Å². The highest BCUT2D eigenvalue weighted by Gasteiger charge is 2.32. The number of hydrogen-bond acceptors (Lipinski definition) is 6. The molecule has 1 heterocycles. The Kier molecular flexibility index (Phi) is 6.82. The van der Waals surface area contributed by atoms with E-state index in [0.717, 1.165) is 0 Å². The lowest BCUT2D eigenvalue weighted by Crippen LogP contribution is -2.52. The van der Waals surface area contributed by atoms with Crippen LogP contribution >= 0.6 is 25.3 Å². The molecule has 0 unspecified atom stereocenters. The normalized spacial score (nSPS) is 26.8. The summed E-state index contributed by atoms with van der Waals surface area (Å²) in [6, 6.07) is -2.82. The molecule has 0 spiro atoms. The highest BCUT2D eigenvalue weighted by atomic mass is 32.1. The number of aliphatic carboxylic acids is 1. The van der Waals surface area contributed by atoms with E-state index >= 15 is 0 Å². The first kappa shape index (κ1) is 17.6. The quantitative estimate of drug-likeness (QED) is 0.330. The molecule has 0 aromatic rings. The monoisotopic (exact) mass is 335 g/mol. The van der Waals surface area contributed by atoms with E-state index in [1.807, 2.05) is 0 Å². The van der Waals surface area contributed by atoms with E-state index in [1.165, 1.54) is 0 Å². The van der Waals surface area contributed by atoms with Gasteiger partial charge in [0.15, 0.2) is 0 Å². The summed E-state index contributed by atoms with van der Waals surface area (Å²) in [7, 11) is 0. The summed E-state index contributed by atoms with van der Waals surface area (Å²) in [4.78, 5) is 46.5. The fourth-order valence-electron chi connectivity index (χ4n) is 1.74. The summed E-state index contributed by atoms with van der Waals surface area (Å²) in [5.41, 5.74) is 0. The Labute approximate surface area is 132 Å². The second kappa shape index (κ2) is 8.13. The molecule has 21 heavy (non-hydrogen) atoms. The SMILES string of the molecule is O=C(O)CC[C@@H]1NC(=O)[C@@H](CS)NC(=O)[C@@H](CS)NC1=O. The zero-order valence-electron chi connectivity index (χ0n) is 11.0. The van der Waals surface area contributed by atoms with Crippen LogP contribution in [0.15, 0.2) is 0 Å². The molecule has 0 saturated carbocycles. The average molecular weight is 335 g/mol. The van der Waals surface area contributed by atoms with Crippen LogP contribution in [-0.4, -0.2) is 58.4 Å². The Morgan fingerprint density at radius 3 is 1.67 bits per heavy atom. The van der Waals surface area contributed by atoms with Gasteiger partial charge in [-0.25, -0.2) is 0 Å². The summed E-state index contributed by atoms with van der Waals surface area (Å²) in [6.45, 7) is 0. The number of hydrogen-bond donors (Lipinski definition) is 6. The lowest BCUT2D eigenvalue weighted by molar-refractivity contribution is -0.138. The molecule has 3 amide bonds. The van der Waals surface area contributed by atoms with E-state index in [9.17, 15) is 19.2 Å². The molecule has 1 fully saturated rings. The zero-order chi connectivity index (χ0) is 16.0. The lowest BCUT2D eigenvalue weighted by atomic mass is 10.1. The van der Waals surface area contributed by atoms with Gasteiger partial charge in [0.2, 0.25) is 17.7 Å². The van der Waals surface area contributed by atoms with Crippen LogP contribution in [0.4, 0.5) is 0 Å². The van der Waals surface area contributed by atoms with Gasteiger partial charge in [0.25, 0.3) is 0 Å². The summed E-state index contributed by atoms with van der Waals surface area (Å²) in [6.07, 6.45) is -0.351. The molecule has 4 N–H and O–H groups in total. The Morgan fingerprint density at radius 1 is 0.905 bits per heavy atom. The minimum atomic E-state index is -1.08. The lowest BCUT2D eigenvalue weighted by Gasteiger charge is -2.18. The molecule has 1 rings (SSSR count). The number of carboxylic acid groups (broad SMARTS) is 1. The third-order valence-electron chi connectivity index (χ3n) is 2.91. The number of carbonyl (C=O) groups is 4. The van der Waals surface area contributed by atoms with Gasteiger partial charge < -0.3 is 21.1 Å². The molecule has 8 nitrogen and oxygen atoms in total. The molecule has 0 aromatic heterocycles. The number of amides is 3. The van der Waals surface area contributed by atoms with Crippen LogP contribution in [-0.2, 0) is 19.2 Å². The summed E-state index contributed by atoms with van der Waals surface area (Å²) < 4.78 is 0. The zero-order valence-corrected chi connectivity index (χ0v) is 12.8. The van der Waals surface area contributed by atoms with Gasteiger partial charge in [0.05, 0.1) is 0 Å². The summed E-state index contributed by atoms with van der Waals surface area (Å²) >= 11 is 7.97. The van der Waals surface area contributed by atoms with Crippen LogP contribution in [0.5, 0.6) is 0 Å². The molecule has 3 atom stereocenters. The van der Waals surface area contributed by atoms with E-state index in [1.54, 1.807) is 0 Å². The minimum Gasteiger partial charge on any atom is -0.481 e. The molecule has 10 heteroatoms. The van der Waals surface area contributed by atoms with Crippen LogP contribution in [0.1, 0.15) is 12.8 Å². The second-order valence-electron chi connectivity index (χ2n) is 4.48. The molecule has 0 bridgehead atoms. The molecular weight excluding hydrogens is 318 g/mol. The highest BCUT2D eigenvalue weighted by molar-refractivity contribution is 7.80. The molecule has 0 radical (unpaired) electrons. The first-order chi connectivity index (χ1) is 9.88. The number of nitrogens with one attached hydrogen (secondary N) is 3. The predicted octanol–water partition coefficient (Wildman–Crippen LogP) is -1.82. The number of carbonyl (C=O) groups excluding carboxylic acids is 3. The Hall–Kier alpha value is -1.42. The van der Waals surface area contributed by atoms with Crippen LogP contribution < -0.4 is 16.0 Å². The third kappa shape index (κ3) is 5.12. The first-order valence-corrected chi connectivity index (χ1v) is 7.50. The van der Waals surface area contributed by atoms with Crippen molar-refractivity contribution in [2.75, 3.05) is 11.5 Å². The summed E-state index contributed by atoms with van der Waals surface area (Å²) in [5.74, 6) is -2.70. The van der Waals surface area contributed by atoms with Gasteiger partial charge >= 0.3 is 5.97 Å².